The van der Waals surface area contributed by atoms with Gasteiger partial charge in [0.15, 0.2) is 0 Å². The van der Waals surface area contributed by atoms with E-state index in [1.54, 1.807) is 0 Å². The first-order chi connectivity index (χ1) is 5.88. The van der Waals surface area contributed by atoms with Gasteiger partial charge in [-0.2, -0.15) is 26.3 Å². The van der Waals surface area contributed by atoms with Gasteiger partial charge in [-0.3, -0.25) is 10.1 Å². The van der Waals surface area contributed by atoms with Crippen molar-refractivity contribution in [3.05, 3.63) is 0 Å². The maximum Gasteiger partial charge on any atom is 0.484 e. The van der Waals surface area contributed by atoms with E-state index < -0.39 is 24.2 Å². The molecule has 0 bridgehead atoms. The Morgan fingerprint density at radius 3 is 1.57 bits per heavy atom. The predicted molar refractivity (Wildman–Crippen MR) is 27.4 cm³/mol. The molecule has 0 saturated heterocycles. The summed E-state index contributed by atoms with van der Waals surface area (Å²) in [6.45, 7) is 0. The highest BCUT2D eigenvalue weighted by Crippen LogP contribution is 2.29. The monoisotopic (exact) mass is 227 g/mol. The molecular formula is C4H3F6NO3. The Morgan fingerprint density at radius 1 is 1.00 bits per heavy atom. The zero-order chi connectivity index (χ0) is 11.8. The molecule has 3 N–H and O–H groups in total. The number of aliphatic hydroxyl groups is 2. The zero-order valence-electron chi connectivity index (χ0n) is 6.07. The van der Waals surface area contributed by atoms with Crippen LogP contribution in [-0.2, 0) is 4.79 Å². The molecule has 0 aromatic rings. The second kappa shape index (κ2) is 3.28. The summed E-state index contributed by atoms with van der Waals surface area (Å²) < 4.78 is 68.5. The van der Waals surface area contributed by atoms with Gasteiger partial charge in [-0.15, -0.1) is 0 Å². The van der Waals surface area contributed by atoms with E-state index in [1.807, 2.05) is 0 Å². The number of halogens is 6. The van der Waals surface area contributed by atoms with Crippen LogP contribution in [0.2, 0.25) is 0 Å². The molecule has 0 aromatic carbocycles. The molecule has 0 rings (SSSR count). The van der Waals surface area contributed by atoms with Gasteiger partial charge < -0.3 is 10.2 Å². The lowest BCUT2D eigenvalue weighted by Crippen LogP contribution is -2.59. The highest BCUT2D eigenvalue weighted by molar-refractivity contribution is 5.84. The van der Waals surface area contributed by atoms with Gasteiger partial charge in [0.2, 0.25) is 0 Å². The number of carbonyl (C=O) groups excluding carboxylic acids is 1. The molecule has 0 unspecified atom stereocenters. The summed E-state index contributed by atoms with van der Waals surface area (Å²) in [5.74, 6) is -8.08. The molecule has 0 atom stereocenters. The third kappa shape index (κ3) is 3.03. The molecule has 0 spiro atoms. The maximum absolute atomic E-state index is 11.5. The summed E-state index contributed by atoms with van der Waals surface area (Å²) >= 11 is 0. The van der Waals surface area contributed by atoms with Crippen molar-refractivity contribution in [1.82, 2.24) is 5.32 Å². The first kappa shape index (κ1) is 13.0. The number of carbonyl (C=O) groups is 1. The number of hydrogen-bond donors (Lipinski definition) is 3. The third-order valence-corrected chi connectivity index (χ3v) is 0.967. The molecule has 0 aromatic heterocycles. The summed E-state index contributed by atoms with van der Waals surface area (Å²) in [5.41, 5.74) is 0. The minimum absolute atomic E-state index is 0.193. The van der Waals surface area contributed by atoms with Crippen LogP contribution in [0.25, 0.3) is 0 Å². The first-order valence-corrected chi connectivity index (χ1v) is 2.79. The van der Waals surface area contributed by atoms with E-state index in [9.17, 15) is 31.1 Å². The number of hydrogen-bond acceptors (Lipinski definition) is 3. The van der Waals surface area contributed by atoms with Crippen molar-refractivity contribution in [1.29, 1.82) is 0 Å². The van der Waals surface area contributed by atoms with Gasteiger partial charge in [-0.1, -0.05) is 0 Å². The lowest BCUT2D eigenvalue weighted by molar-refractivity contribution is -0.332. The molecule has 0 aliphatic heterocycles. The van der Waals surface area contributed by atoms with Gasteiger partial charge in [0.25, 0.3) is 5.91 Å². The van der Waals surface area contributed by atoms with E-state index in [1.165, 1.54) is 0 Å². The molecule has 10 heteroatoms. The molecular weight excluding hydrogens is 224 g/mol. The summed E-state index contributed by atoms with van der Waals surface area (Å²) in [7, 11) is 0. The standard InChI is InChI=1S/C4H3F6NO3/c5-3(6,7)2(13,14)1(12)11-4(8,9)10/h13-14H,(H,11,12). The van der Waals surface area contributed by atoms with E-state index in [0.717, 1.165) is 0 Å². The molecule has 1 amide bonds. The van der Waals surface area contributed by atoms with Crippen LogP contribution in [0, 0.1) is 0 Å². The van der Waals surface area contributed by atoms with Crippen LogP contribution >= 0.6 is 0 Å². The average Bonchev–Trinajstić information content (AvgIpc) is 1.80. The highest BCUT2D eigenvalue weighted by atomic mass is 19.4. The van der Waals surface area contributed by atoms with Gasteiger partial charge >= 0.3 is 18.3 Å². The first-order valence-electron chi connectivity index (χ1n) is 2.79. The van der Waals surface area contributed by atoms with Crippen molar-refractivity contribution in [3.63, 3.8) is 0 Å². The number of amides is 1. The van der Waals surface area contributed by atoms with Crippen LogP contribution in [0.1, 0.15) is 0 Å². The van der Waals surface area contributed by atoms with Crippen LogP contribution in [0.4, 0.5) is 26.3 Å². The van der Waals surface area contributed by atoms with Crippen molar-refractivity contribution in [2.24, 2.45) is 0 Å². The van der Waals surface area contributed by atoms with Crippen molar-refractivity contribution in [3.8, 4) is 0 Å². The van der Waals surface area contributed by atoms with Crippen LogP contribution in [0.15, 0.2) is 0 Å². The van der Waals surface area contributed by atoms with E-state index in [4.69, 9.17) is 10.2 Å². The lowest BCUT2D eigenvalue weighted by Gasteiger charge is -2.23. The second-order valence-electron chi connectivity index (χ2n) is 2.12. The SMILES string of the molecule is O=C(NC(F)(F)F)C(O)(O)C(F)(F)F. The smallest absolute Gasteiger partial charge is 0.351 e. The molecule has 0 aliphatic rings. The summed E-state index contributed by atoms with van der Waals surface area (Å²) in [6.07, 6.45) is -11.4. The Kier molecular flexibility index (Phi) is 3.03. The van der Waals surface area contributed by atoms with Crippen LogP contribution < -0.4 is 5.32 Å². The van der Waals surface area contributed by atoms with Gasteiger partial charge in [0.05, 0.1) is 0 Å². The van der Waals surface area contributed by atoms with Crippen LogP contribution in [0.3, 0.4) is 0 Å². The van der Waals surface area contributed by atoms with Crippen molar-refractivity contribution in [2.75, 3.05) is 0 Å². The summed E-state index contributed by atoms with van der Waals surface area (Å²) in [6, 6.07) is 0. The van der Waals surface area contributed by atoms with Gasteiger partial charge in [-0.25, -0.2) is 0 Å². The minimum atomic E-state index is -5.91. The summed E-state index contributed by atoms with van der Waals surface area (Å²) in [4.78, 5) is 10.1. The average molecular weight is 227 g/mol. The Hall–Kier alpha value is -1.03. The Morgan fingerprint density at radius 2 is 1.36 bits per heavy atom. The van der Waals surface area contributed by atoms with Gasteiger partial charge in [0, 0.05) is 0 Å². The summed E-state index contributed by atoms with van der Waals surface area (Å²) in [5, 5.41) is 15.8. The van der Waals surface area contributed by atoms with Crippen LogP contribution in [-0.4, -0.2) is 34.4 Å². The quantitative estimate of drug-likeness (QED) is 0.332. The maximum atomic E-state index is 11.5. The van der Waals surface area contributed by atoms with Crippen molar-refractivity contribution in [2.45, 2.75) is 18.3 Å². The number of alkyl halides is 6. The zero-order valence-corrected chi connectivity index (χ0v) is 6.07. The lowest BCUT2D eigenvalue weighted by atomic mass is 10.2. The largest absolute Gasteiger partial charge is 0.484 e. The van der Waals surface area contributed by atoms with Gasteiger partial charge in [-0.05, 0) is 0 Å². The fourth-order valence-electron chi connectivity index (χ4n) is 0.345. The van der Waals surface area contributed by atoms with E-state index in [-0.39, 0.29) is 5.32 Å². The Labute approximate surface area is 72.1 Å². The molecule has 4 nitrogen and oxygen atoms in total. The number of rotatable bonds is 1. The molecule has 84 valence electrons. The normalized spacial score (nSPS) is 14.0. The third-order valence-electron chi connectivity index (χ3n) is 0.967. The molecule has 0 radical (unpaired) electrons. The van der Waals surface area contributed by atoms with E-state index in [0.29, 0.717) is 0 Å². The highest BCUT2D eigenvalue weighted by Gasteiger charge is 2.60. The fraction of sp³-hybridized carbons (Fsp3) is 0.750. The molecule has 0 aliphatic carbocycles. The van der Waals surface area contributed by atoms with Crippen LogP contribution in [0.5, 0.6) is 0 Å². The molecule has 0 heterocycles. The van der Waals surface area contributed by atoms with E-state index >= 15 is 0 Å². The second-order valence-corrected chi connectivity index (χ2v) is 2.12. The molecule has 0 fully saturated rings. The molecule has 0 saturated carbocycles. The van der Waals surface area contributed by atoms with Gasteiger partial charge in [0.1, 0.15) is 0 Å². The van der Waals surface area contributed by atoms with Crippen molar-refractivity contribution >= 4 is 5.91 Å². The molecule has 14 heavy (non-hydrogen) atoms. The number of nitrogens with one attached hydrogen (secondary N) is 1. The fourth-order valence-corrected chi connectivity index (χ4v) is 0.345. The Balaban J connectivity index is 4.70. The minimum Gasteiger partial charge on any atom is -0.351 e. The Bertz CT molecular complexity index is 230. The van der Waals surface area contributed by atoms with Crippen molar-refractivity contribution < 1.29 is 41.4 Å². The van der Waals surface area contributed by atoms with E-state index in [2.05, 4.69) is 0 Å². The predicted octanol–water partition coefficient (Wildman–Crippen LogP) is -0.134. The topological polar surface area (TPSA) is 69.6 Å².